The summed E-state index contributed by atoms with van der Waals surface area (Å²) in [4.78, 5) is 41.9. The number of rotatable bonds is 5. The molecule has 0 bridgehead atoms. The summed E-state index contributed by atoms with van der Waals surface area (Å²) in [5.74, 6) is -0.251. The monoisotopic (exact) mass is 391 g/mol. The summed E-state index contributed by atoms with van der Waals surface area (Å²) < 4.78 is 2.19. The van der Waals surface area contributed by atoms with Gasteiger partial charge in [-0.05, 0) is 19.9 Å². The maximum Gasteiger partial charge on any atom is 0.280 e. The fourth-order valence-electron chi connectivity index (χ4n) is 2.07. The molecule has 0 fully saturated rings. The van der Waals surface area contributed by atoms with Crippen LogP contribution in [0.15, 0.2) is 28.9 Å². The standard InChI is InChI=1S/C15H13N5O4S2/c1-15(2,19-8-16-7-17-19)12(21)5-13-18-14(22)11(26-13)4-10-3-9(6-25-10)20(23)24/h3-8H,1-2H3,(H,18,22)/b11-4-,13-5+. The number of carbonyl (C=O) groups excluding carboxylic acids is 1. The van der Waals surface area contributed by atoms with E-state index >= 15 is 0 Å². The minimum absolute atomic E-state index is 0.0224. The van der Waals surface area contributed by atoms with Crippen molar-refractivity contribution in [3.05, 3.63) is 58.6 Å². The van der Waals surface area contributed by atoms with Crippen LogP contribution in [-0.2, 0) is 10.3 Å². The number of hydrogen-bond acceptors (Lipinski definition) is 8. The van der Waals surface area contributed by atoms with Crippen LogP contribution in [0.4, 0.5) is 5.69 Å². The van der Waals surface area contributed by atoms with E-state index in [-0.39, 0.29) is 17.0 Å². The van der Waals surface area contributed by atoms with Crippen molar-refractivity contribution in [3.63, 3.8) is 0 Å². The number of thiazole rings is 1. The van der Waals surface area contributed by atoms with Crippen molar-refractivity contribution in [2.45, 2.75) is 19.4 Å². The Labute approximate surface area is 154 Å². The second kappa shape index (κ2) is 6.77. The zero-order chi connectivity index (χ0) is 18.9. The Bertz CT molecular complexity index is 1140. The molecule has 0 spiro atoms. The van der Waals surface area contributed by atoms with E-state index in [2.05, 4.69) is 15.1 Å². The number of nitrogens with one attached hydrogen (secondary N) is 1. The first-order valence-corrected chi connectivity index (χ1v) is 9.02. The van der Waals surface area contributed by atoms with Gasteiger partial charge in [-0.1, -0.05) is 0 Å². The van der Waals surface area contributed by atoms with Crippen LogP contribution in [0.3, 0.4) is 0 Å². The average molecular weight is 391 g/mol. The number of H-pyrrole nitrogens is 1. The molecular weight excluding hydrogens is 378 g/mol. The molecule has 0 aliphatic heterocycles. The number of nitro groups is 1. The second-order valence-electron chi connectivity index (χ2n) is 5.80. The fourth-order valence-corrected chi connectivity index (χ4v) is 3.81. The van der Waals surface area contributed by atoms with Gasteiger partial charge in [0.25, 0.3) is 11.2 Å². The van der Waals surface area contributed by atoms with Gasteiger partial charge in [0.15, 0.2) is 5.78 Å². The van der Waals surface area contributed by atoms with Crippen molar-refractivity contribution in [2.75, 3.05) is 0 Å². The lowest BCUT2D eigenvalue weighted by atomic mass is 10.00. The zero-order valence-electron chi connectivity index (χ0n) is 13.7. The third-order valence-electron chi connectivity index (χ3n) is 3.63. The number of Topliss-reactive ketones (excluding diaryl/α,β-unsaturated/α-hetero) is 1. The molecule has 0 atom stereocenters. The van der Waals surface area contributed by atoms with E-state index in [1.54, 1.807) is 19.9 Å². The Hall–Kier alpha value is -2.92. The summed E-state index contributed by atoms with van der Waals surface area (Å²) in [5.41, 5.74) is -1.33. The Morgan fingerprint density at radius 3 is 2.85 bits per heavy atom. The van der Waals surface area contributed by atoms with Gasteiger partial charge in [0.2, 0.25) is 0 Å². The van der Waals surface area contributed by atoms with Crippen molar-refractivity contribution in [1.82, 2.24) is 19.7 Å². The van der Waals surface area contributed by atoms with E-state index < -0.39 is 10.5 Å². The Kier molecular flexibility index (Phi) is 4.66. The molecule has 0 saturated heterocycles. The second-order valence-corrected chi connectivity index (χ2v) is 7.83. The van der Waals surface area contributed by atoms with Crippen LogP contribution in [0.2, 0.25) is 0 Å². The van der Waals surface area contributed by atoms with Gasteiger partial charge in [0.1, 0.15) is 18.2 Å². The quantitative estimate of drug-likeness (QED) is 0.502. The van der Waals surface area contributed by atoms with Gasteiger partial charge >= 0.3 is 0 Å². The maximum atomic E-state index is 12.5. The molecule has 0 unspecified atom stereocenters. The Morgan fingerprint density at radius 1 is 1.46 bits per heavy atom. The maximum absolute atomic E-state index is 12.5. The molecule has 0 radical (unpaired) electrons. The molecule has 3 aromatic heterocycles. The van der Waals surface area contributed by atoms with E-state index in [1.807, 2.05) is 0 Å². The first-order chi connectivity index (χ1) is 12.3. The number of nitrogens with zero attached hydrogens (tertiary/aromatic N) is 4. The van der Waals surface area contributed by atoms with Crippen LogP contribution in [0.25, 0.3) is 12.2 Å². The lowest BCUT2D eigenvalue weighted by Gasteiger charge is -2.20. The highest BCUT2D eigenvalue weighted by Crippen LogP contribution is 2.21. The molecule has 11 heteroatoms. The molecule has 0 aliphatic rings. The molecule has 134 valence electrons. The van der Waals surface area contributed by atoms with Gasteiger partial charge < -0.3 is 4.98 Å². The highest BCUT2D eigenvalue weighted by atomic mass is 32.1. The van der Waals surface area contributed by atoms with Crippen LogP contribution in [-0.4, -0.2) is 30.5 Å². The van der Waals surface area contributed by atoms with Crippen molar-refractivity contribution in [1.29, 1.82) is 0 Å². The first-order valence-electron chi connectivity index (χ1n) is 7.32. The molecule has 0 saturated carbocycles. The van der Waals surface area contributed by atoms with Crippen molar-refractivity contribution >= 4 is 46.3 Å². The Balaban J connectivity index is 1.96. The van der Waals surface area contributed by atoms with E-state index in [4.69, 9.17) is 0 Å². The summed E-state index contributed by atoms with van der Waals surface area (Å²) in [7, 11) is 0. The molecule has 3 heterocycles. The summed E-state index contributed by atoms with van der Waals surface area (Å²) in [6.07, 6.45) is 5.70. The summed E-state index contributed by atoms with van der Waals surface area (Å²) in [6.45, 7) is 3.40. The van der Waals surface area contributed by atoms with Crippen molar-refractivity contribution in [2.24, 2.45) is 0 Å². The van der Waals surface area contributed by atoms with Crippen LogP contribution in [0.5, 0.6) is 0 Å². The molecular formula is C15H13N5O4S2. The number of carbonyl (C=O) groups is 1. The van der Waals surface area contributed by atoms with Crippen LogP contribution in [0.1, 0.15) is 18.7 Å². The smallest absolute Gasteiger partial charge is 0.280 e. The molecule has 3 aromatic rings. The lowest BCUT2D eigenvalue weighted by Crippen LogP contribution is -2.36. The minimum Gasteiger partial charge on any atom is -0.313 e. The van der Waals surface area contributed by atoms with Crippen molar-refractivity contribution in [3.8, 4) is 0 Å². The van der Waals surface area contributed by atoms with Crippen molar-refractivity contribution < 1.29 is 9.72 Å². The number of hydrogen-bond donors (Lipinski definition) is 1. The normalized spacial score (nSPS) is 13.3. The van der Waals surface area contributed by atoms with E-state index in [0.29, 0.717) is 14.1 Å². The van der Waals surface area contributed by atoms with E-state index in [9.17, 15) is 19.7 Å². The van der Waals surface area contributed by atoms with Gasteiger partial charge in [-0.15, -0.1) is 22.7 Å². The largest absolute Gasteiger partial charge is 0.313 e. The molecule has 1 N–H and O–H groups in total. The van der Waals surface area contributed by atoms with E-state index in [0.717, 1.165) is 11.3 Å². The third-order valence-corrected chi connectivity index (χ3v) is 5.46. The van der Waals surface area contributed by atoms with Gasteiger partial charge in [0.05, 0.1) is 19.5 Å². The van der Waals surface area contributed by atoms with Gasteiger partial charge in [-0.3, -0.25) is 19.7 Å². The summed E-state index contributed by atoms with van der Waals surface area (Å²) in [5, 5.41) is 16.1. The molecule has 26 heavy (non-hydrogen) atoms. The van der Waals surface area contributed by atoms with Gasteiger partial charge in [0, 0.05) is 17.0 Å². The Morgan fingerprint density at radius 2 is 2.23 bits per heavy atom. The predicted molar refractivity (Wildman–Crippen MR) is 97.5 cm³/mol. The number of aromatic amines is 1. The highest BCUT2D eigenvalue weighted by molar-refractivity contribution is 7.11. The fraction of sp³-hybridized carbons (Fsp3) is 0.200. The zero-order valence-corrected chi connectivity index (χ0v) is 15.3. The van der Waals surface area contributed by atoms with Crippen LogP contribution >= 0.6 is 22.7 Å². The number of thiophene rings is 1. The molecule has 0 amide bonds. The minimum atomic E-state index is -0.949. The summed E-state index contributed by atoms with van der Waals surface area (Å²) in [6, 6.07) is 1.40. The van der Waals surface area contributed by atoms with Crippen LogP contribution < -0.4 is 14.8 Å². The molecule has 0 aliphatic carbocycles. The summed E-state index contributed by atoms with van der Waals surface area (Å²) >= 11 is 2.27. The number of ketones is 1. The molecule has 9 nitrogen and oxygen atoms in total. The van der Waals surface area contributed by atoms with E-state index in [1.165, 1.54) is 46.2 Å². The lowest BCUT2D eigenvalue weighted by molar-refractivity contribution is -0.384. The SMILES string of the molecule is CC(C)(C(=O)/C=c1\[nH]c(=O)/c(=C/c2cc([N+](=O)[O-])cs2)s1)n1cncn1. The molecule has 3 rings (SSSR count). The topological polar surface area (TPSA) is 124 Å². The third kappa shape index (κ3) is 3.53. The van der Waals surface area contributed by atoms with Gasteiger partial charge in [-0.2, -0.15) is 5.10 Å². The molecule has 0 aromatic carbocycles. The van der Waals surface area contributed by atoms with Gasteiger partial charge in [-0.25, -0.2) is 9.67 Å². The highest BCUT2D eigenvalue weighted by Gasteiger charge is 2.28. The number of aromatic nitrogens is 4. The predicted octanol–water partition coefficient (Wildman–Crippen LogP) is 0.611. The average Bonchev–Trinajstić information content (AvgIpc) is 3.30. The first kappa shape index (κ1) is 17.9. The van der Waals surface area contributed by atoms with Crippen LogP contribution in [0, 0.1) is 10.1 Å².